The molecule has 15 nitrogen and oxygen atoms in total. The number of likely N-dealkylation sites (tertiary alicyclic amines) is 1. The summed E-state index contributed by atoms with van der Waals surface area (Å²) >= 11 is 6.30. The van der Waals surface area contributed by atoms with Crippen LogP contribution in [0.4, 0.5) is 0 Å². The number of fused-ring (bicyclic) bond motifs is 2. The van der Waals surface area contributed by atoms with E-state index in [4.69, 9.17) is 30.8 Å². The SMILES string of the molecule is CC1=C(c2ccc(CNC(=O)C3C[C@@H](O)CN3C(=O)C(NC(=O)COCCCOCCCOc3ccc(C(C)(C)CC(=O)CC4N=C(c5ccc(Cl)cc5)C5=C(CC(C)=C5C)n5c(C)nnc54)cc3)C(C)(C)C)cc2)CC=C1. The van der Waals surface area contributed by atoms with Crippen LogP contribution in [0.2, 0.25) is 5.02 Å². The second-order valence-electron chi connectivity index (χ2n) is 22.8. The second kappa shape index (κ2) is 25.1. The Labute approximate surface area is 464 Å². The molecule has 3 heterocycles. The van der Waals surface area contributed by atoms with Gasteiger partial charge in [-0.1, -0.05) is 112 Å². The average Bonchev–Trinajstić information content (AvgIpc) is 4.27. The van der Waals surface area contributed by atoms with Crippen LogP contribution in [0.5, 0.6) is 5.75 Å². The van der Waals surface area contributed by atoms with E-state index in [0.29, 0.717) is 49.9 Å². The summed E-state index contributed by atoms with van der Waals surface area (Å²) < 4.78 is 19.6. The van der Waals surface area contributed by atoms with Crippen LogP contribution in [-0.4, -0.2) is 112 Å². The summed E-state index contributed by atoms with van der Waals surface area (Å²) in [5, 5.41) is 26.1. The molecule has 78 heavy (non-hydrogen) atoms. The zero-order valence-electron chi connectivity index (χ0n) is 46.7. The van der Waals surface area contributed by atoms with Crippen molar-refractivity contribution in [3.8, 4) is 5.75 Å². The van der Waals surface area contributed by atoms with Crippen molar-refractivity contribution in [3.63, 3.8) is 0 Å². The van der Waals surface area contributed by atoms with Crippen molar-refractivity contribution in [1.29, 1.82) is 0 Å². The molecule has 0 spiro atoms. The molecule has 2 aliphatic carbocycles. The number of β-amino-alcohol motifs (C(OH)–C–C–N with tert-alkyl or cyclic N) is 1. The van der Waals surface area contributed by atoms with Gasteiger partial charge >= 0.3 is 0 Å². The van der Waals surface area contributed by atoms with E-state index in [1.807, 2.05) is 88.4 Å². The highest BCUT2D eigenvalue weighted by Crippen LogP contribution is 2.43. The van der Waals surface area contributed by atoms with Crippen molar-refractivity contribution in [2.24, 2.45) is 10.4 Å². The molecule has 3 unspecified atom stereocenters. The minimum Gasteiger partial charge on any atom is -0.494 e. The normalized spacial score (nSPS) is 18.7. The number of hydrogen-bond donors (Lipinski definition) is 3. The van der Waals surface area contributed by atoms with E-state index < -0.39 is 46.9 Å². The highest BCUT2D eigenvalue weighted by molar-refractivity contribution is 6.31. The second-order valence-corrected chi connectivity index (χ2v) is 23.3. The van der Waals surface area contributed by atoms with Crippen molar-refractivity contribution in [3.05, 3.63) is 146 Å². The third-order valence-electron chi connectivity index (χ3n) is 15.2. The van der Waals surface area contributed by atoms with Gasteiger partial charge in [-0.05, 0) is 109 Å². The molecule has 1 aromatic heterocycles. The number of aromatic nitrogens is 3. The summed E-state index contributed by atoms with van der Waals surface area (Å²) in [5.74, 6) is 1.01. The molecule has 1 fully saturated rings. The van der Waals surface area contributed by atoms with Gasteiger partial charge in [0, 0.05) is 86.9 Å². The van der Waals surface area contributed by atoms with Gasteiger partial charge in [-0.15, -0.1) is 10.2 Å². The smallest absolute Gasteiger partial charge is 0.246 e. The van der Waals surface area contributed by atoms with Crippen LogP contribution >= 0.6 is 11.6 Å². The Kier molecular flexibility index (Phi) is 18.5. The summed E-state index contributed by atoms with van der Waals surface area (Å²) in [7, 11) is 0. The highest BCUT2D eigenvalue weighted by Gasteiger charge is 2.45. The Balaban J connectivity index is 0.729. The molecule has 4 aromatic rings. The third kappa shape index (κ3) is 13.8. The number of amides is 3. The Morgan fingerprint density at radius 3 is 2.21 bits per heavy atom. The summed E-state index contributed by atoms with van der Waals surface area (Å²) in [6.07, 6.45) is 6.89. The molecule has 3 aromatic carbocycles. The Morgan fingerprint density at radius 2 is 1.53 bits per heavy atom. The zero-order valence-corrected chi connectivity index (χ0v) is 47.5. The molecule has 4 atom stereocenters. The first kappa shape index (κ1) is 57.6. The monoisotopic (exact) mass is 1080 g/mol. The lowest BCUT2D eigenvalue weighted by Crippen LogP contribution is -2.58. The number of carbonyl (C=O) groups is 4. The van der Waals surface area contributed by atoms with Gasteiger partial charge in [0.2, 0.25) is 17.7 Å². The van der Waals surface area contributed by atoms with Crippen LogP contribution < -0.4 is 15.4 Å². The van der Waals surface area contributed by atoms with E-state index in [-0.39, 0.29) is 50.8 Å². The van der Waals surface area contributed by atoms with E-state index in [1.165, 1.54) is 27.2 Å². The molecule has 3 amide bonds. The van der Waals surface area contributed by atoms with E-state index >= 15 is 0 Å². The number of rotatable bonds is 23. The minimum absolute atomic E-state index is 0.00625. The largest absolute Gasteiger partial charge is 0.494 e. The van der Waals surface area contributed by atoms with Crippen molar-refractivity contribution in [1.82, 2.24) is 30.3 Å². The van der Waals surface area contributed by atoms with Crippen LogP contribution in [0.3, 0.4) is 0 Å². The molecule has 2 aliphatic heterocycles. The maximum Gasteiger partial charge on any atom is 0.246 e. The van der Waals surface area contributed by atoms with E-state index in [1.54, 1.807) is 0 Å². The molecule has 3 N–H and O–H groups in total. The number of carbonyl (C=O) groups excluding carboxylic acids is 4. The van der Waals surface area contributed by atoms with Gasteiger partial charge in [-0.25, -0.2) is 0 Å². The molecule has 414 valence electrons. The fraction of sp³-hybridized carbons (Fsp3) is 0.468. The molecular weight excluding hydrogens is 1010 g/mol. The van der Waals surface area contributed by atoms with Crippen molar-refractivity contribution in [2.75, 3.05) is 39.6 Å². The number of aliphatic hydroxyl groups excluding tert-OH is 1. The lowest BCUT2D eigenvalue weighted by Gasteiger charge is -2.35. The van der Waals surface area contributed by atoms with Crippen molar-refractivity contribution >= 4 is 52.1 Å². The highest BCUT2D eigenvalue weighted by atomic mass is 35.5. The lowest BCUT2D eigenvalue weighted by molar-refractivity contribution is -0.144. The van der Waals surface area contributed by atoms with Gasteiger partial charge in [0.25, 0.3) is 0 Å². The van der Waals surface area contributed by atoms with E-state index in [9.17, 15) is 24.3 Å². The van der Waals surface area contributed by atoms with Crippen LogP contribution in [0, 0.1) is 12.3 Å². The molecule has 0 saturated carbocycles. The Morgan fingerprint density at radius 1 is 0.846 bits per heavy atom. The topological polar surface area (TPSA) is 187 Å². The number of nitrogens with zero attached hydrogens (tertiary/aromatic N) is 5. The maximum atomic E-state index is 14.0. The standard InChI is InChI=1S/C62H76ClN7O8/c1-38-13-10-14-50(38)43-17-15-42(16-18-43)35-64-59(74)53-33-48(72)36-69(53)60(75)57(61(5,6)7)66-54(73)37-77-29-11-27-76-28-12-30-78-49-25-21-45(22-26-49)62(8,9)34-47(71)32-51-58-68-67-41(4)70(58)52-31-39(2)40(3)55(52)56(65-51)44-19-23-46(63)24-20-44/h10,13,15-26,48,51,53,57,72H,11-12,14,27-37H2,1-9H3,(H,64,74)(H,66,73)/t48-,51?,53?,57?/m1/s1. The summed E-state index contributed by atoms with van der Waals surface area (Å²) in [4.78, 5) is 61.4. The van der Waals surface area contributed by atoms with Crippen molar-refractivity contribution in [2.45, 2.75) is 143 Å². The number of halogens is 1. The number of allylic oxidation sites excluding steroid dienone is 8. The summed E-state index contributed by atoms with van der Waals surface area (Å²) in [6.45, 7) is 19.7. The minimum atomic E-state index is -0.953. The van der Waals surface area contributed by atoms with E-state index in [0.717, 1.165) is 63.7 Å². The van der Waals surface area contributed by atoms with Crippen molar-refractivity contribution < 1.29 is 38.5 Å². The number of ether oxygens (including phenoxy) is 3. The first-order valence-corrected chi connectivity index (χ1v) is 27.6. The average molecular weight is 1080 g/mol. The molecule has 4 aliphatic rings. The predicted molar refractivity (Wildman–Crippen MR) is 304 cm³/mol. The molecule has 8 rings (SSSR count). The van der Waals surface area contributed by atoms with Crippen LogP contribution in [0.1, 0.15) is 140 Å². The number of benzene rings is 3. The van der Waals surface area contributed by atoms with Crippen LogP contribution in [0.15, 0.2) is 112 Å². The zero-order chi connectivity index (χ0) is 55.9. The summed E-state index contributed by atoms with van der Waals surface area (Å²) in [6, 6.07) is 21.3. The predicted octanol–water partition coefficient (Wildman–Crippen LogP) is 9.80. The molecular formula is C62H76ClN7O8. The fourth-order valence-corrected chi connectivity index (χ4v) is 10.9. The Hall–Kier alpha value is -6.52. The van der Waals surface area contributed by atoms with Gasteiger partial charge in [-0.2, -0.15) is 0 Å². The molecule has 0 bridgehead atoms. The molecule has 1 saturated heterocycles. The number of Topliss-reactive ketones (excluding diaryl/α,β-unsaturated/α-hetero) is 1. The molecule has 16 heteroatoms. The first-order chi connectivity index (χ1) is 37.2. The van der Waals surface area contributed by atoms with Gasteiger partial charge < -0.3 is 34.9 Å². The number of nitrogens with one attached hydrogen (secondary N) is 2. The quantitative estimate of drug-likeness (QED) is 0.0604. The number of ketones is 1. The fourth-order valence-electron chi connectivity index (χ4n) is 10.8. The summed E-state index contributed by atoms with van der Waals surface area (Å²) in [5.41, 5.74) is 10.9. The van der Waals surface area contributed by atoms with Crippen LogP contribution in [0.25, 0.3) is 11.3 Å². The number of aliphatic imine (C=N–C) groups is 1. The van der Waals surface area contributed by atoms with E-state index in [2.05, 4.69) is 84.3 Å². The number of aryl methyl sites for hydroxylation is 1. The van der Waals surface area contributed by atoms with Gasteiger partial charge in [-0.3, -0.25) is 28.7 Å². The maximum absolute atomic E-state index is 14.0. The third-order valence-corrected chi connectivity index (χ3v) is 15.5. The van der Waals surface area contributed by atoms with Gasteiger partial charge in [0.15, 0.2) is 5.82 Å². The lowest BCUT2D eigenvalue weighted by atomic mass is 9.79. The first-order valence-electron chi connectivity index (χ1n) is 27.3. The Bertz CT molecular complexity index is 3020. The van der Waals surface area contributed by atoms with Gasteiger partial charge in [0.05, 0.1) is 18.4 Å². The van der Waals surface area contributed by atoms with Crippen LogP contribution in [-0.2, 0) is 40.6 Å². The van der Waals surface area contributed by atoms with Gasteiger partial charge in [0.1, 0.15) is 42.1 Å². The number of hydrogen-bond acceptors (Lipinski definition) is 11. The molecule has 0 radical (unpaired) electrons. The number of aliphatic hydroxyl groups is 1.